The van der Waals surface area contributed by atoms with Gasteiger partial charge >= 0.3 is 5.97 Å². The summed E-state index contributed by atoms with van der Waals surface area (Å²) in [7, 11) is 0. The molecule has 0 aliphatic heterocycles. The first-order valence-electron chi connectivity index (χ1n) is 7.11. The molecule has 0 amide bonds. The monoisotopic (exact) mass is 268 g/mol. The lowest BCUT2D eigenvalue weighted by atomic mass is 9.94. The Kier molecular flexibility index (Phi) is 4.94. The molecule has 0 aromatic heterocycles. The zero-order chi connectivity index (χ0) is 14.4. The van der Waals surface area contributed by atoms with Gasteiger partial charge in [-0.05, 0) is 48.6 Å². The van der Waals surface area contributed by atoms with Gasteiger partial charge in [-0.2, -0.15) is 0 Å². The van der Waals surface area contributed by atoms with Crippen LogP contribution in [0, 0.1) is 0 Å². The Morgan fingerprint density at radius 3 is 2.10 bits per heavy atom. The van der Waals surface area contributed by atoms with E-state index < -0.39 is 0 Å². The molecule has 2 aromatic carbocycles. The minimum Gasteiger partial charge on any atom is -0.423 e. The summed E-state index contributed by atoms with van der Waals surface area (Å²) in [5.74, 6) is 0.850. The molecule has 0 fully saturated rings. The van der Waals surface area contributed by atoms with E-state index in [0.29, 0.717) is 17.2 Å². The summed E-state index contributed by atoms with van der Waals surface area (Å²) < 4.78 is 5.36. The van der Waals surface area contributed by atoms with E-state index in [-0.39, 0.29) is 5.97 Å². The third-order valence-corrected chi connectivity index (χ3v) is 3.56. The molecule has 104 valence electrons. The quantitative estimate of drug-likeness (QED) is 0.574. The van der Waals surface area contributed by atoms with Crippen LogP contribution in [0.2, 0.25) is 0 Å². The van der Waals surface area contributed by atoms with Gasteiger partial charge in [0.2, 0.25) is 0 Å². The fourth-order valence-corrected chi connectivity index (χ4v) is 2.31. The molecule has 0 aliphatic rings. The average Bonchev–Trinajstić information content (AvgIpc) is 2.51. The Balaban J connectivity index is 2.06. The zero-order valence-corrected chi connectivity index (χ0v) is 12.0. The molecule has 0 N–H and O–H groups in total. The second-order valence-corrected chi connectivity index (χ2v) is 4.84. The number of carbonyl (C=O) groups is 1. The van der Waals surface area contributed by atoms with Crippen molar-refractivity contribution >= 4 is 5.97 Å². The zero-order valence-electron chi connectivity index (χ0n) is 12.0. The lowest BCUT2D eigenvalue weighted by Gasteiger charge is -2.13. The van der Waals surface area contributed by atoms with Crippen molar-refractivity contribution in [1.29, 1.82) is 0 Å². The topological polar surface area (TPSA) is 26.3 Å². The van der Waals surface area contributed by atoms with Crippen LogP contribution in [0.4, 0.5) is 0 Å². The molecule has 0 aliphatic carbocycles. The first kappa shape index (κ1) is 14.3. The second kappa shape index (κ2) is 6.90. The summed E-state index contributed by atoms with van der Waals surface area (Å²) >= 11 is 0. The standard InChI is InChI=1S/C18H20O2/c1-3-14(4-2)15-10-12-17(13-11-15)20-18(19)16-8-6-5-7-9-16/h5-14H,3-4H2,1-2H3. The highest BCUT2D eigenvalue weighted by molar-refractivity contribution is 5.90. The van der Waals surface area contributed by atoms with Crippen LogP contribution in [0.25, 0.3) is 0 Å². The number of hydrogen-bond acceptors (Lipinski definition) is 2. The average molecular weight is 268 g/mol. The molecule has 0 unspecified atom stereocenters. The number of hydrogen-bond donors (Lipinski definition) is 0. The van der Waals surface area contributed by atoms with Crippen LogP contribution < -0.4 is 4.74 Å². The van der Waals surface area contributed by atoms with Gasteiger partial charge in [-0.3, -0.25) is 0 Å². The maximum absolute atomic E-state index is 11.9. The first-order valence-corrected chi connectivity index (χ1v) is 7.11. The lowest BCUT2D eigenvalue weighted by Crippen LogP contribution is -2.08. The van der Waals surface area contributed by atoms with Crippen molar-refractivity contribution in [3.05, 3.63) is 65.7 Å². The highest BCUT2D eigenvalue weighted by Gasteiger charge is 2.09. The number of ether oxygens (including phenoxy) is 1. The molecular weight excluding hydrogens is 248 g/mol. The summed E-state index contributed by atoms with van der Waals surface area (Å²) in [5.41, 5.74) is 1.87. The molecule has 2 rings (SSSR count). The molecule has 0 saturated heterocycles. The summed E-state index contributed by atoms with van der Waals surface area (Å²) in [6.45, 7) is 4.38. The van der Waals surface area contributed by atoms with Gasteiger partial charge in [-0.1, -0.05) is 44.2 Å². The number of benzene rings is 2. The van der Waals surface area contributed by atoms with Crippen molar-refractivity contribution in [3.63, 3.8) is 0 Å². The van der Waals surface area contributed by atoms with E-state index in [2.05, 4.69) is 13.8 Å². The fourth-order valence-electron chi connectivity index (χ4n) is 2.31. The van der Waals surface area contributed by atoms with Crippen molar-refractivity contribution in [2.24, 2.45) is 0 Å². The van der Waals surface area contributed by atoms with Crippen LogP contribution in [0.5, 0.6) is 5.75 Å². The third-order valence-electron chi connectivity index (χ3n) is 3.56. The van der Waals surface area contributed by atoms with E-state index >= 15 is 0 Å². The predicted molar refractivity (Wildman–Crippen MR) is 81.2 cm³/mol. The molecule has 0 spiro atoms. The van der Waals surface area contributed by atoms with Gasteiger partial charge in [0.1, 0.15) is 5.75 Å². The minimum atomic E-state index is -0.319. The fraction of sp³-hybridized carbons (Fsp3) is 0.278. The number of carbonyl (C=O) groups excluding carboxylic acids is 1. The van der Waals surface area contributed by atoms with Gasteiger partial charge in [0.05, 0.1) is 5.56 Å². The first-order chi connectivity index (χ1) is 9.74. The Bertz CT molecular complexity index is 539. The van der Waals surface area contributed by atoms with Crippen LogP contribution in [-0.4, -0.2) is 5.97 Å². The van der Waals surface area contributed by atoms with E-state index in [4.69, 9.17) is 4.74 Å². The highest BCUT2D eigenvalue weighted by atomic mass is 16.5. The highest BCUT2D eigenvalue weighted by Crippen LogP contribution is 2.25. The molecule has 2 heteroatoms. The van der Waals surface area contributed by atoms with Crippen LogP contribution >= 0.6 is 0 Å². The SMILES string of the molecule is CCC(CC)c1ccc(OC(=O)c2ccccc2)cc1. The van der Waals surface area contributed by atoms with Crippen molar-refractivity contribution in [2.45, 2.75) is 32.6 Å². The molecule has 2 nitrogen and oxygen atoms in total. The molecule has 20 heavy (non-hydrogen) atoms. The summed E-state index contributed by atoms with van der Waals surface area (Å²) in [6, 6.07) is 16.9. The Morgan fingerprint density at radius 2 is 1.55 bits per heavy atom. The molecule has 0 heterocycles. The summed E-state index contributed by atoms with van der Waals surface area (Å²) in [6.07, 6.45) is 2.25. The van der Waals surface area contributed by atoms with Crippen LogP contribution in [0.1, 0.15) is 48.5 Å². The maximum Gasteiger partial charge on any atom is 0.343 e. The van der Waals surface area contributed by atoms with Gasteiger partial charge < -0.3 is 4.74 Å². The molecular formula is C18H20O2. The van der Waals surface area contributed by atoms with Gasteiger partial charge in [0.15, 0.2) is 0 Å². The predicted octanol–water partition coefficient (Wildman–Crippen LogP) is 4.81. The van der Waals surface area contributed by atoms with E-state index in [9.17, 15) is 4.79 Å². The molecule has 0 saturated carbocycles. The molecule has 0 atom stereocenters. The van der Waals surface area contributed by atoms with Crippen molar-refractivity contribution in [1.82, 2.24) is 0 Å². The van der Waals surface area contributed by atoms with Gasteiger partial charge in [0, 0.05) is 0 Å². The smallest absolute Gasteiger partial charge is 0.343 e. The number of rotatable bonds is 5. The molecule has 0 radical (unpaired) electrons. The van der Waals surface area contributed by atoms with Gasteiger partial charge in [0.25, 0.3) is 0 Å². The van der Waals surface area contributed by atoms with Crippen molar-refractivity contribution in [2.75, 3.05) is 0 Å². The molecule has 0 bridgehead atoms. The van der Waals surface area contributed by atoms with E-state index in [1.807, 2.05) is 42.5 Å². The van der Waals surface area contributed by atoms with E-state index in [1.54, 1.807) is 12.1 Å². The summed E-state index contributed by atoms with van der Waals surface area (Å²) in [4.78, 5) is 11.9. The van der Waals surface area contributed by atoms with Gasteiger partial charge in [-0.15, -0.1) is 0 Å². The Hall–Kier alpha value is -2.09. The second-order valence-electron chi connectivity index (χ2n) is 4.84. The van der Waals surface area contributed by atoms with E-state index in [0.717, 1.165) is 12.8 Å². The summed E-state index contributed by atoms with van der Waals surface area (Å²) in [5, 5.41) is 0. The normalized spacial score (nSPS) is 10.6. The van der Waals surface area contributed by atoms with Crippen molar-refractivity contribution < 1.29 is 9.53 Å². The molecule has 2 aromatic rings. The van der Waals surface area contributed by atoms with Crippen molar-refractivity contribution in [3.8, 4) is 5.75 Å². The third kappa shape index (κ3) is 3.47. The lowest BCUT2D eigenvalue weighted by molar-refractivity contribution is 0.0734. The van der Waals surface area contributed by atoms with Crippen LogP contribution in [-0.2, 0) is 0 Å². The Morgan fingerprint density at radius 1 is 0.950 bits per heavy atom. The Labute approximate surface area is 120 Å². The largest absolute Gasteiger partial charge is 0.423 e. The number of esters is 1. The van der Waals surface area contributed by atoms with E-state index in [1.165, 1.54) is 5.56 Å². The van der Waals surface area contributed by atoms with Crippen LogP contribution in [0.15, 0.2) is 54.6 Å². The van der Waals surface area contributed by atoms with Gasteiger partial charge in [-0.25, -0.2) is 4.79 Å². The minimum absolute atomic E-state index is 0.319. The van der Waals surface area contributed by atoms with Crippen LogP contribution in [0.3, 0.4) is 0 Å². The maximum atomic E-state index is 11.9.